The van der Waals surface area contributed by atoms with E-state index in [0.717, 1.165) is 4.57 Å². The minimum Gasteiger partial charge on any atom is -0.466 e. The topological polar surface area (TPSA) is 73.2 Å². The number of para-hydroxylation sites is 2. The van der Waals surface area contributed by atoms with Gasteiger partial charge >= 0.3 is 12.5 Å². The number of carbonyl (C=O) groups excluding carboxylic acids is 2. The zero-order valence-electron chi connectivity index (χ0n) is 15.2. The number of imidazole rings is 1. The predicted octanol–water partition coefficient (Wildman–Crippen LogP) is 4.38. The Kier molecular flexibility index (Phi) is 5.98. The number of halogens is 2. The molecule has 1 aromatic heterocycles. The number of ether oxygens (including phenoxy) is 1. The second-order valence-electron chi connectivity index (χ2n) is 6.00. The summed E-state index contributed by atoms with van der Waals surface area (Å²) in [5.74, 6) is -0.615. The van der Waals surface area contributed by atoms with E-state index in [1.807, 2.05) is 0 Å². The van der Waals surface area contributed by atoms with E-state index in [1.54, 1.807) is 55.5 Å². The maximum atomic E-state index is 13.6. The molecule has 0 saturated heterocycles. The lowest BCUT2D eigenvalue weighted by molar-refractivity contribution is -0.144. The van der Waals surface area contributed by atoms with Gasteiger partial charge in [-0.15, -0.1) is 0 Å². The van der Waals surface area contributed by atoms with Crippen LogP contribution in [0.3, 0.4) is 0 Å². The van der Waals surface area contributed by atoms with E-state index in [1.165, 1.54) is 0 Å². The van der Waals surface area contributed by atoms with Crippen LogP contribution in [0.4, 0.5) is 14.5 Å². The molecule has 1 N–H and O–H groups in total. The molecule has 0 aliphatic rings. The minimum atomic E-state index is -2.73. The van der Waals surface area contributed by atoms with Crippen molar-refractivity contribution in [3.8, 4) is 11.4 Å². The smallest absolute Gasteiger partial charge is 0.320 e. The quantitative estimate of drug-likeness (QED) is 0.611. The lowest BCUT2D eigenvalue weighted by atomic mass is 10.2. The normalized spacial score (nSPS) is 11.0. The maximum absolute atomic E-state index is 13.6. The molecule has 3 rings (SSSR count). The highest BCUT2D eigenvalue weighted by atomic mass is 19.3. The lowest BCUT2D eigenvalue weighted by Crippen LogP contribution is -2.14. The molecule has 2 aromatic carbocycles. The third kappa shape index (κ3) is 4.33. The lowest BCUT2D eigenvalue weighted by Gasteiger charge is -2.09. The van der Waals surface area contributed by atoms with Gasteiger partial charge in [0, 0.05) is 17.7 Å². The minimum absolute atomic E-state index is 0.00175. The van der Waals surface area contributed by atoms with E-state index in [4.69, 9.17) is 4.74 Å². The standard InChI is InChI=1S/C20H19F2N3O3/c1-2-28-18(27)12-11-17(26)23-14-9-7-13(8-10-14)19-24-15-5-3-4-6-16(15)25(19)20(21)22/h3-10,20H,2,11-12H2,1H3,(H,23,26). The van der Waals surface area contributed by atoms with Gasteiger partial charge in [0.25, 0.3) is 0 Å². The molecule has 8 heteroatoms. The second-order valence-corrected chi connectivity index (χ2v) is 6.00. The Labute approximate surface area is 160 Å². The summed E-state index contributed by atoms with van der Waals surface area (Å²) in [5, 5.41) is 2.66. The van der Waals surface area contributed by atoms with E-state index < -0.39 is 12.5 Å². The maximum Gasteiger partial charge on any atom is 0.320 e. The first kappa shape index (κ1) is 19.5. The van der Waals surface area contributed by atoms with Crippen LogP contribution in [0.2, 0.25) is 0 Å². The number of benzene rings is 2. The summed E-state index contributed by atoms with van der Waals surface area (Å²) in [6.07, 6.45) is -0.00205. The Morgan fingerprint density at radius 2 is 1.82 bits per heavy atom. The summed E-state index contributed by atoms with van der Waals surface area (Å²) in [7, 11) is 0. The Bertz CT molecular complexity index is 984. The Hall–Kier alpha value is -3.29. The fourth-order valence-corrected chi connectivity index (χ4v) is 2.82. The van der Waals surface area contributed by atoms with E-state index in [2.05, 4.69) is 10.3 Å². The molecule has 0 fully saturated rings. The number of hydrogen-bond acceptors (Lipinski definition) is 4. The molecule has 1 amide bonds. The fourth-order valence-electron chi connectivity index (χ4n) is 2.82. The van der Waals surface area contributed by atoms with Crippen molar-refractivity contribution in [3.63, 3.8) is 0 Å². The van der Waals surface area contributed by atoms with E-state index in [-0.39, 0.29) is 31.2 Å². The number of aromatic nitrogens is 2. The number of nitrogens with zero attached hydrogens (tertiary/aromatic N) is 2. The summed E-state index contributed by atoms with van der Waals surface area (Å²) >= 11 is 0. The Morgan fingerprint density at radius 3 is 2.50 bits per heavy atom. The van der Waals surface area contributed by atoms with Crippen molar-refractivity contribution in [2.24, 2.45) is 0 Å². The molecule has 6 nitrogen and oxygen atoms in total. The summed E-state index contributed by atoms with van der Waals surface area (Å²) in [4.78, 5) is 27.5. The Balaban J connectivity index is 1.74. The van der Waals surface area contributed by atoms with Crippen LogP contribution in [-0.2, 0) is 14.3 Å². The second kappa shape index (κ2) is 8.60. The van der Waals surface area contributed by atoms with Crippen LogP contribution in [-0.4, -0.2) is 28.0 Å². The number of esters is 1. The molecule has 28 heavy (non-hydrogen) atoms. The van der Waals surface area contributed by atoms with Crippen molar-refractivity contribution in [2.45, 2.75) is 26.3 Å². The highest BCUT2D eigenvalue weighted by Crippen LogP contribution is 2.30. The van der Waals surface area contributed by atoms with E-state index >= 15 is 0 Å². The van der Waals surface area contributed by atoms with Gasteiger partial charge < -0.3 is 10.1 Å². The van der Waals surface area contributed by atoms with Crippen LogP contribution in [0.5, 0.6) is 0 Å². The van der Waals surface area contributed by atoms with Gasteiger partial charge in [-0.05, 0) is 43.3 Å². The van der Waals surface area contributed by atoms with Crippen LogP contribution in [0.15, 0.2) is 48.5 Å². The van der Waals surface area contributed by atoms with Gasteiger partial charge in [-0.3, -0.25) is 14.2 Å². The highest BCUT2D eigenvalue weighted by Gasteiger charge is 2.18. The highest BCUT2D eigenvalue weighted by molar-refractivity contribution is 5.92. The average molecular weight is 387 g/mol. The number of anilines is 1. The number of alkyl halides is 2. The summed E-state index contributed by atoms with van der Waals surface area (Å²) in [5.41, 5.74) is 1.83. The van der Waals surface area contributed by atoms with Crippen molar-refractivity contribution in [1.82, 2.24) is 9.55 Å². The molecule has 0 atom stereocenters. The molecule has 0 saturated carbocycles. The first-order valence-electron chi connectivity index (χ1n) is 8.80. The van der Waals surface area contributed by atoms with Gasteiger partial charge in [0.15, 0.2) is 0 Å². The van der Waals surface area contributed by atoms with E-state index in [0.29, 0.717) is 22.3 Å². The van der Waals surface area contributed by atoms with E-state index in [9.17, 15) is 18.4 Å². The third-order valence-electron chi connectivity index (χ3n) is 4.08. The van der Waals surface area contributed by atoms with Crippen LogP contribution >= 0.6 is 0 Å². The molecule has 0 aliphatic carbocycles. The van der Waals surface area contributed by atoms with Crippen LogP contribution < -0.4 is 5.32 Å². The van der Waals surface area contributed by atoms with Gasteiger partial charge in [0.1, 0.15) is 5.82 Å². The van der Waals surface area contributed by atoms with Gasteiger partial charge in [0.05, 0.1) is 24.1 Å². The predicted molar refractivity (Wildman–Crippen MR) is 101 cm³/mol. The molecule has 0 radical (unpaired) electrons. The van der Waals surface area contributed by atoms with Gasteiger partial charge in [0.2, 0.25) is 5.91 Å². The summed E-state index contributed by atoms with van der Waals surface area (Å²) in [6.45, 7) is -0.766. The molecule has 0 spiro atoms. The molecule has 3 aromatic rings. The number of carbonyl (C=O) groups is 2. The van der Waals surface area contributed by atoms with Gasteiger partial charge in [-0.25, -0.2) is 4.98 Å². The molecule has 0 aliphatic heterocycles. The molecule has 0 unspecified atom stereocenters. The van der Waals surface area contributed by atoms with Crippen molar-refractivity contribution in [2.75, 3.05) is 11.9 Å². The van der Waals surface area contributed by atoms with Crippen molar-refractivity contribution in [3.05, 3.63) is 48.5 Å². The number of fused-ring (bicyclic) bond motifs is 1. The first-order valence-corrected chi connectivity index (χ1v) is 8.80. The first-order chi connectivity index (χ1) is 13.5. The van der Waals surface area contributed by atoms with Crippen LogP contribution in [0, 0.1) is 0 Å². The third-order valence-corrected chi connectivity index (χ3v) is 4.08. The summed E-state index contributed by atoms with van der Waals surface area (Å²) < 4.78 is 32.8. The van der Waals surface area contributed by atoms with Crippen LogP contribution in [0.25, 0.3) is 22.4 Å². The van der Waals surface area contributed by atoms with Crippen molar-refractivity contribution in [1.29, 1.82) is 0 Å². The van der Waals surface area contributed by atoms with Gasteiger partial charge in [-0.1, -0.05) is 12.1 Å². The zero-order valence-corrected chi connectivity index (χ0v) is 15.2. The van der Waals surface area contributed by atoms with Crippen molar-refractivity contribution >= 4 is 28.6 Å². The monoisotopic (exact) mass is 387 g/mol. The summed E-state index contributed by atoms with van der Waals surface area (Å²) in [6, 6.07) is 13.1. The largest absolute Gasteiger partial charge is 0.466 e. The average Bonchev–Trinajstić information content (AvgIpc) is 3.07. The number of amides is 1. The fraction of sp³-hybridized carbons (Fsp3) is 0.250. The molecular formula is C20H19F2N3O3. The molecular weight excluding hydrogens is 368 g/mol. The number of hydrogen-bond donors (Lipinski definition) is 1. The SMILES string of the molecule is CCOC(=O)CCC(=O)Nc1ccc(-c2nc3ccccc3n2C(F)F)cc1. The van der Waals surface area contributed by atoms with Gasteiger partial charge in [-0.2, -0.15) is 8.78 Å². The number of rotatable bonds is 7. The Morgan fingerprint density at radius 1 is 1.11 bits per heavy atom. The van der Waals surface area contributed by atoms with Crippen LogP contribution in [0.1, 0.15) is 26.3 Å². The number of nitrogens with one attached hydrogen (secondary N) is 1. The molecule has 1 heterocycles. The zero-order chi connectivity index (χ0) is 20.1. The molecule has 0 bridgehead atoms. The van der Waals surface area contributed by atoms with Crippen molar-refractivity contribution < 1.29 is 23.1 Å². The molecule has 146 valence electrons.